The topological polar surface area (TPSA) is 80.4 Å². The van der Waals surface area contributed by atoms with Gasteiger partial charge >= 0.3 is 5.97 Å². The molecular weight excluding hydrogens is 264 g/mol. The molecule has 0 amide bonds. The summed E-state index contributed by atoms with van der Waals surface area (Å²) in [7, 11) is 0. The average molecular weight is 278 g/mol. The summed E-state index contributed by atoms with van der Waals surface area (Å²) < 4.78 is 1.73. The quantitative estimate of drug-likeness (QED) is 0.867. The van der Waals surface area contributed by atoms with Crippen molar-refractivity contribution in [3.05, 3.63) is 23.0 Å². The van der Waals surface area contributed by atoms with Crippen LogP contribution in [-0.2, 0) is 11.2 Å². The number of nitrogens with zero attached hydrogens (tertiary/aromatic N) is 4. The highest BCUT2D eigenvalue weighted by molar-refractivity contribution is 7.16. The van der Waals surface area contributed by atoms with Gasteiger partial charge in [-0.25, -0.2) is 0 Å². The first kappa shape index (κ1) is 12.3. The van der Waals surface area contributed by atoms with Crippen LogP contribution in [0.25, 0.3) is 4.96 Å². The molecule has 0 unspecified atom stereocenters. The van der Waals surface area contributed by atoms with Crippen molar-refractivity contribution in [3.63, 3.8) is 0 Å². The summed E-state index contributed by atoms with van der Waals surface area (Å²) in [5.41, 5.74) is 0. The van der Waals surface area contributed by atoms with Crippen LogP contribution in [0.2, 0.25) is 0 Å². The van der Waals surface area contributed by atoms with Crippen molar-refractivity contribution in [2.45, 2.75) is 32.1 Å². The van der Waals surface area contributed by atoms with Gasteiger partial charge in [0, 0.05) is 12.3 Å². The lowest BCUT2D eigenvalue weighted by molar-refractivity contribution is -0.142. The average Bonchev–Trinajstić information content (AvgIpc) is 2.98. The predicted octanol–water partition coefficient (Wildman–Crippen LogP) is 1.88. The molecule has 1 N–H and O–H groups in total. The van der Waals surface area contributed by atoms with E-state index in [4.69, 9.17) is 0 Å². The third-order valence-electron chi connectivity index (χ3n) is 3.45. The highest BCUT2D eigenvalue weighted by Gasteiger charge is 2.32. The Labute approximate surface area is 113 Å². The second-order valence-electron chi connectivity index (χ2n) is 4.60. The van der Waals surface area contributed by atoms with Gasteiger partial charge in [-0.1, -0.05) is 30.4 Å². The molecule has 0 saturated heterocycles. The number of aliphatic carboxylic acids is 1. The predicted molar refractivity (Wildman–Crippen MR) is 70.3 cm³/mol. The van der Waals surface area contributed by atoms with Gasteiger partial charge in [0.1, 0.15) is 5.01 Å². The maximum atomic E-state index is 11.3. The first-order chi connectivity index (χ1) is 9.20. The molecule has 3 rings (SSSR count). The Morgan fingerprint density at radius 3 is 3.00 bits per heavy atom. The number of carboxylic acids is 1. The van der Waals surface area contributed by atoms with Crippen LogP contribution < -0.4 is 0 Å². The zero-order valence-corrected chi connectivity index (χ0v) is 11.3. The van der Waals surface area contributed by atoms with Gasteiger partial charge in [0.05, 0.1) is 5.92 Å². The number of carboxylic acid groups (broad SMARTS) is 1. The van der Waals surface area contributed by atoms with Crippen molar-refractivity contribution < 1.29 is 9.90 Å². The smallest absolute Gasteiger partial charge is 0.307 e. The molecule has 2 aromatic rings. The minimum Gasteiger partial charge on any atom is -0.481 e. The third kappa shape index (κ3) is 2.03. The van der Waals surface area contributed by atoms with Gasteiger partial charge in [-0.15, -0.1) is 10.2 Å². The second-order valence-corrected chi connectivity index (χ2v) is 5.59. The van der Waals surface area contributed by atoms with Crippen LogP contribution in [-0.4, -0.2) is 30.9 Å². The van der Waals surface area contributed by atoms with Crippen molar-refractivity contribution >= 4 is 22.3 Å². The maximum absolute atomic E-state index is 11.3. The molecule has 7 heteroatoms. The van der Waals surface area contributed by atoms with Crippen molar-refractivity contribution in [3.8, 4) is 0 Å². The minimum atomic E-state index is -0.754. The van der Waals surface area contributed by atoms with Crippen LogP contribution >= 0.6 is 11.3 Å². The van der Waals surface area contributed by atoms with Gasteiger partial charge in [-0.05, 0) is 12.8 Å². The Balaban J connectivity index is 2.00. The molecule has 100 valence electrons. The van der Waals surface area contributed by atoms with E-state index in [1.165, 1.54) is 11.3 Å². The molecule has 2 aromatic heterocycles. The molecule has 19 heavy (non-hydrogen) atoms. The number of aryl methyl sites for hydroxylation is 1. The van der Waals surface area contributed by atoms with Crippen LogP contribution in [0.3, 0.4) is 0 Å². The van der Waals surface area contributed by atoms with Crippen molar-refractivity contribution in [2.75, 3.05) is 0 Å². The lowest BCUT2D eigenvalue weighted by atomic mass is 9.83. The number of rotatable bonds is 3. The monoisotopic (exact) mass is 278 g/mol. The molecule has 0 spiro atoms. The second kappa shape index (κ2) is 4.73. The molecule has 2 heterocycles. The third-order valence-corrected chi connectivity index (χ3v) is 4.48. The Bertz CT molecular complexity index is 645. The van der Waals surface area contributed by atoms with E-state index in [-0.39, 0.29) is 11.8 Å². The Hall–Kier alpha value is -1.76. The summed E-state index contributed by atoms with van der Waals surface area (Å²) in [6.45, 7) is 2.00. The van der Waals surface area contributed by atoms with Crippen molar-refractivity contribution in [1.29, 1.82) is 0 Å². The van der Waals surface area contributed by atoms with E-state index in [0.29, 0.717) is 6.42 Å². The first-order valence-electron chi connectivity index (χ1n) is 6.29. The standard InChI is InChI=1S/C12H14N4O2S/c1-2-9-13-14-12-16(9)15-10(19-12)7-5-3-4-6-8(7)11(17)18/h3-4,7-8H,2,5-6H2,1H3,(H,17,18)/t7-,8+/m1/s1. The van der Waals surface area contributed by atoms with E-state index in [9.17, 15) is 9.90 Å². The van der Waals surface area contributed by atoms with E-state index >= 15 is 0 Å². The van der Waals surface area contributed by atoms with E-state index in [0.717, 1.165) is 28.6 Å². The highest BCUT2D eigenvalue weighted by atomic mass is 32.1. The van der Waals surface area contributed by atoms with Crippen molar-refractivity contribution in [1.82, 2.24) is 19.8 Å². The maximum Gasteiger partial charge on any atom is 0.307 e. The van der Waals surface area contributed by atoms with Gasteiger partial charge in [0.2, 0.25) is 4.96 Å². The van der Waals surface area contributed by atoms with Crippen LogP contribution in [0.5, 0.6) is 0 Å². The molecule has 1 aliphatic carbocycles. The Morgan fingerprint density at radius 1 is 1.47 bits per heavy atom. The molecule has 1 aliphatic rings. The number of carbonyl (C=O) groups is 1. The number of aromatic nitrogens is 4. The molecule has 0 aromatic carbocycles. The molecule has 0 fully saturated rings. The van der Waals surface area contributed by atoms with Crippen LogP contribution in [0.15, 0.2) is 12.2 Å². The Kier molecular flexibility index (Phi) is 3.06. The molecule has 0 radical (unpaired) electrons. The Morgan fingerprint density at radius 2 is 2.26 bits per heavy atom. The fourth-order valence-corrected chi connectivity index (χ4v) is 3.44. The molecule has 0 saturated carbocycles. The summed E-state index contributed by atoms with van der Waals surface area (Å²) in [6, 6.07) is 0. The first-order valence-corrected chi connectivity index (χ1v) is 7.11. The van der Waals surface area contributed by atoms with Gasteiger partial charge in [0.25, 0.3) is 0 Å². The molecule has 0 bridgehead atoms. The summed E-state index contributed by atoms with van der Waals surface area (Å²) in [5, 5.41) is 22.8. The summed E-state index contributed by atoms with van der Waals surface area (Å²) in [4.78, 5) is 12.1. The van der Waals surface area contributed by atoms with Crippen molar-refractivity contribution in [2.24, 2.45) is 5.92 Å². The van der Waals surface area contributed by atoms with Crippen LogP contribution in [0.1, 0.15) is 36.5 Å². The molecule has 6 nitrogen and oxygen atoms in total. The SMILES string of the molecule is CCc1nnc2sc([C@@H]3CC=CC[C@@H]3C(=O)O)nn12. The van der Waals surface area contributed by atoms with Crippen LogP contribution in [0, 0.1) is 5.92 Å². The molecule has 2 atom stereocenters. The zero-order valence-electron chi connectivity index (χ0n) is 10.5. The van der Waals surface area contributed by atoms with E-state index in [2.05, 4.69) is 15.3 Å². The van der Waals surface area contributed by atoms with Gasteiger partial charge in [-0.2, -0.15) is 9.61 Å². The van der Waals surface area contributed by atoms with E-state index < -0.39 is 5.97 Å². The zero-order chi connectivity index (χ0) is 13.4. The minimum absolute atomic E-state index is 0.0566. The summed E-state index contributed by atoms with van der Waals surface area (Å²) >= 11 is 1.44. The number of allylic oxidation sites excluding steroid dienone is 2. The van der Waals surface area contributed by atoms with Gasteiger partial charge < -0.3 is 5.11 Å². The fourth-order valence-electron chi connectivity index (χ4n) is 2.40. The number of fused-ring (bicyclic) bond motifs is 1. The normalized spacial score (nSPS) is 23.0. The summed E-state index contributed by atoms with van der Waals surface area (Å²) in [5.74, 6) is -0.385. The lowest BCUT2D eigenvalue weighted by Crippen LogP contribution is -2.23. The van der Waals surface area contributed by atoms with Gasteiger partial charge in [-0.3, -0.25) is 4.79 Å². The lowest BCUT2D eigenvalue weighted by Gasteiger charge is -2.22. The fraction of sp³-hybridized carbons (Fsp3) is 0.500. The summed E-state index contributed by atoms with van der Waals surface area (Å²) in [6.07, 6.45) is 6.03. The molecular formula is C12H14N4O2S. The van der Waals surface area contributed by atoms with E-state index in [1.807, 2.05) is 19.1 Å². The largest absolute Gasteiger partial charge is 0.481 e. The van der Waals surface area contributed by atoms with Crippen LogP contribution in [0.4, 0.5) is 0 Å². The number of hydrogen-bond donors (Lipinski definition) is 1. The van der Waals surface area contributed by atoms with Gasteiger partial charge in [0.15, 0.2) is 5.82 Å². The van der Waals surface area contributed by atoms with E-state index in [1.54, 1.807) is 4.52 Å². The number of hydrogen-bond acceptors (Lipinski definition) is 5. The molecule has 0 aliphatic heterocycles. The highest BCUT2D eigenvalue weighted by Crippen LogP contribution is 2.36.